The molecule has 2 heteroatoms. The third-order valence-corrected chi connectivity index (χ3v) is 1.60. The van der Waals surface area contributed by atoms with Crippen molar-refractivity contribution in [1.82, 2.24) is 0 Å². The van der Waals surface area contributed by atoms with Gasteiger partial charge in [0.1, 0.15) is 6.10 Å². The fraction of sp³-hybridized carbons (Fsp3) is 0.500. The molecule has 12 heavy (non-hydrogen) atoms. The summed E-state index contributed by atoms with van der Waals surface area (Å²) in [6.45, 7) is 6.45. The lowest BCUT2D eigenvalue weighted by Gasteiger charge is -2.14. The molecule has 0 saturated carbocycles. The van der Waals surface area contributed by atoms with E-state index in [0.717, 1.165) is 18.4 Å². The van der Waals surface area contributed by atoms with Crippen LogP contribution in [0.2, 0.25) is 0 Å². The first-order valence-corrected chi connectivity index (χ1v) is 4.24. The largest absolute Gasteiger partial charge is 0.493 e. The van der Waals surface area contributed by atoms with Gasteiger partial charge >= 0.3 is 0 Å². The quantitative estimate of drug-likeness (QED) is 0.464. The predicted molar refractivity (Wildman–Crippen MR) is 51.4 cm³/mol. The third-order valence-electron chi connectivity index (χ3n) is 1.60. The van der Waals surface area contributed by atoms with Crippen LogP contribution in [0.25, 0.3) is 0 Å². The molecule has 0 aliphatic carbocycles. The van der Waals surface area contributed by atoms with Crippen LogP contribution in [0.3, 0.4) is 0 Å². The van der Waals surface area contributed by atoms with Gasteiger partial charge in [-0.1, -0.05) is 12.2 Å². The fourth-order valence-corrected chi connectivity index (χ4v) is 0.989. The summed E-state index contributed by atoms with van der Waals surface area (Å²) in [4.78, 5) is 4.21. The first-order valence-electron chi connectivity index (χ1n) is 4.24. The Bertz CT molecular complexity index is 206. The average molecular weight is 165 g/mol. The maximum absolute atomic E-state index is 5.30. The summed E-state index contributed by atoms with van der Waals surface area (Å²) in [6, 6.07) is 0. The molecule has 1 rings (SSSR count). The van der Waals surface area contributed by atoms with E-state index in [4.69, 9.17) is 4.74 Å². The summed E-state index contributed by atoms with van der Waals surface area (Å²) >= 11 is 0. The Morgan fingerprint density at radius 2 is 2.67 bits per heavy atom. The molecule has 0 bridgehead atoms. The molecule has 1 heterocycles. The Balaban J connectivity index is 2.25. The minimum atomic E-state index is 0.175. The highest BCUT2D eigenvalue weighted by Crippen LogP contribution is 2.07. The van der Waals surface area contributed by atoms with Gasteiger partial charge in [-0.15, -0.1) is 0 Å². The normalized spacial score (nSPS) is 22.6. The predicted octanol–water partition coefficient (Wildman–Crippen LogP) is 2.33. The average Bonchev–Trinajstić information content (AvgIpc) is 2.05. The van der Waals surface area contributed by atoms with Gasteiger partial charge in [0.05, 0.1) is 12.8 Å². The number of nitrogens with zero attached hydrogens (tertiary/aromatic N) is 1. The van der Waals surface area contributed by atoms with Crippen LogP contribution in [-0.4, -0.2) is 18.9 Å². The highest BCUT2D eigenvalue weighted by atomic mass is 16.5. The number of ether oxygens (including phenoxy) is 1. The molecule has 0 aromatic carbocycles. The van der Waals surface area contributed by atoms with Crippen molar-refractivity contribution in [1.29, 1.82) is 0 Å². The highest BCUT2D eigenvalue weighted by Gasteiger charge is 2.06. The van der Waals surface area contributed by atoms with E-state index in [-0.39, 0.29) is 6.10 Å². The molecule has 2 nitrogen and oxygen atoms in total. The standard InChI is InChI=1S/C10H15NO/c1-9(2)7-11-8-10-5-3-4-6-12-10/h4,6,8,10H,1,3,5,7H2,2H3/t10-/m0/s1. The molecule has 0 N–H and O–H groups in total. The third kappa shape index (κ3) is 3.37. The molecule has 0 amide bonds. The smallest absolute Gasteiger partial charge is 0.133 e. The van der Waals surface area contributed by atoms with E-state index in [1.54, 1.807) is 6.26 Å². The van der Waals surface area contributed by atoms with Crippen LogP contribution in [0.5, 0.6) is 0 Å². The zero-order valence-corrected chi connectivity index (χ0v) is 7.49. The molecule has 0 unspecified atom stereocenters. The van der Waals surface area contributed by atoms with Gasteiger partial charge in [0.15, 0.2) is 0 Å². The maximum atomic E-state index is 5.30. The molecule has 66 valence electrons. The molecule has 1 aliphatic rings. The summed E-state index contributed by atoms with van der Waals surface area (Å²) in [5.74, 6) is 0. The van der Waals surface area contributed by atoms with Gasteiger partial charge in [0, 0.05) is 6.21 Å². The summed E-state index contributed by atoms with van der Waals surface area (Å²) < 4.78 is 5.30. The molecule has 0 spiro atoms. The van der Waals surface area contributed by atoms with E-state index in [2.05, 4.69) is 11.6 Å². The van der Waals surface area contributed by atoms with Crippen LogP contribution in [0.4, 0.5) is 0 Å². The van der Waals surface area contributed by atoms with Gasteiger partial charge in [-0.25, -0.2) is 0 Å². The van der Waals surface area contributed by atoms with Crippen LogP contribution in [0.15, 0.2) is 29.5 Å². The first kappa shape index (κ1) is 9.04. The molecule has 0 radical (unpaired) electrons. The minimum absolute atomic E-state index is 0.175. The number of rotatable bonds is 3. The van der Waals surface area contributed by atoms with Crippen molar-refractivity contribution < 1.29 is 4.74 Å². The molecular formula is C10H15NO. The van der Waals surface area contributed by atoms with Crippen molar-refractivity contribution in [3.8, 4) is 0 Å². The number of hydrogen-bond donors (Lipinski definition) is 0. The van der Waals surface area contributed by atoms with Crippen molar-refractivity contribution in [2.75, 3.05) is 6.54 Å². The second-order valence-electron chi connectivity index (χ2n) is 3.07. The van der Waals surface area contributed by atoms with Gasteiger partial charge in [0.25, 0.3) is 0 Å². The van der Waals surface area contributed by atoms with Crippen LogP contribution in [0, 0.1) is 0 Å². The topological polar surface area (TPSA) is 21.6 Å². The van der Waals surface area contributed by atoms with Crippen molar-refractivity contribution in [3.63, 3.8) is 0 Å². The summed E-state index contributed by atoms with van der Waals surface area (Å²) in [7, 11) is 0. The summed E-state index contributed by atoms with van der Waals surface area (Å²) in [6.07, 6.45) is 7.96. The first-order chi connectivity index (χ1) is 5.79. The fourth-order valence-electron chi connectivity index (χ4n) is 0.989. The number of allylic oxidation sites excluding steroid dienone is 1. The number of aliphatic imine (C=N–C) groups is 1. The summed E-state index contributed by atoms with van der Waals surface area (Å²) in [5, 5.41) is 0. The van der Waals surface area contributed by atoms with Gasteiger partial charge < -0.3 is 4.74 Å². The molecule has 0 saturated heterocycles. The van der Waals surface area contributed by atoms with E-state index in [1.165, 1.54) is 0 Å². The van der Waals surface area contributed by atoms with Gasteiger partial charge in [-0.2, -0.15) is 0 Å². The molecule has 0 fully saturated rings. The molecule has 1 aliphatic heterocycles. The van der Waals surface area contributed by atoms with Gasteiger partial charge in [0.2, 0.25) is 0 Å². The summed E-state index contributed by atoms with van der Waals surface area (Å²) in [5.41, 5.74) is 1.08. The Hall–Kier alpha value is -1.05. The lowest BCUT2D eigenvalue weighted by molar-refractivity contribution is 0.185. The van der Waals surface area contributed by atoms with E-state index < -0.39 is 0 Å². The second-order valence-corrected chi connectivity index (χ2v) is 3.07. The lowest BCUT2D eigenvalue weighted by atomic mass is 10.2. The molecular weight excluding hydrogens is 150 g/mol. The van der Waals surface area contributed by atoms with Gasteiger partial charge in [-0.05, 0) is 25.8 Å². The van der Waals surface area contributed by atoms with Crippen LogP contribution < -0.4 is 0 Å². The minimum Gasteiger partial charge on any atom is -0.493 e. The molecule has 0 aromatic rings. The highest BCUT2D eigenvalue weighted by molar-refractivity contribution is 5.63. The lowest BCUT2D eigenvalue weighted by Crippen LogP contribution is -2.13. The molecule has 1 atom stereocenters. The second kappa shape index (κ2) is 4.75. The van der Waals surface area contributed by atoms with Crippen molar-refractivity contribution in [3.05, 3.63) is 24.5 Å². The monoisotopic (exact) mass is 165 g/mol. The zero-order chi connectivity index (χ0) is 8.81. The van der Waals surface area contributed by atoms with E-state index in [0.29, 0.717) is 6.54 Å². The van der Waals surface area contributed by atoms with Gasteiger partial charge in [-0.3, -0.25) is 4.99 Å². The van der Waals surface area contributed by atoms with Crippen LogP contribution in [-0.2, 0) is 4.74 Å². The number of hydrogen-bond acceptors (Lipinski definition) is 2. The Morgan fingerprint density at radius 3 is 3.25 bits per heavy atom. The SMILES string of the molecule is C=C(C)CN=C[C@@H]1CCC=CO1. The Morgan fingerprint density at radius 1 is 1.83 bits per heavy atom. The Kier molecular flexibility index (Phi) is 3.58. The Labute approximate surface area is 73.6 Å². The molecule has 0 aromatic heterocycles. The van der Waals surface area contributed by atoms with Crippen LogP contribution >= 0.6 is 0 Å². The maximum Gasteiger partial charge on any atom is 0.133 e. The van der Waals surface area contributed by atoms with Crippen LogP contribution in [0.1, 0.15) is 19.8 Å². The van der Waals surface area contributed by atoms with E-state index in [1.807, 2.05) is 19.2 Å². The zero-order valence-electron chi connectivity index (χ0n) is 7.49. The van der Waals surface area contributed by atoms with Crippen molar-refractivity contribution >= 4 is 6.21 Å². The van der Waals surface area contributed by atoms with E-state index in [9.17, 15) is 0 Å². The van der Waals surface area contributed by atoms with E-state index >= 15 is 0 Å². The van der Waals surface area contributed by atoms with Crippen molar-refractivity contribution in [2.24, 2.45) is 4.99 Å². The van der Waals surface area contributed by atoms with Crippen molar-refractivity contribution in [2.45, 2.75) is 25.9 Å².